The molecule has 0 spiro atoms. The highest BCUT2D eigenvalue weighted by Gasteiger charge is 2.05. The number of hydrogen-bond acceptors (Lipinski definition) is 3. The summed E-state index contributed by atoms with van der Waals surface area (Å²) in [5.41, 5.74) is 7.76. The predicted molar refractivity (Wildman–Crippen MR) is 84.2 cm³/mol. The largest absolute Gasteiger partial charge is 0.496 e. The van der Waals surface area contributed by atoms with E-state index in [1.54, 1.807) is 7.11 Å². The number of rotatable bonds is 6. The van der Waals surface area contributed by atoms with E-state index in [4.69, 9.17) is 15.2 Å². The maximum Gasteiger partial charge on any atom is 0.125 e. The summed E-state index contributed by atoms with van der Waals surface area (Å²) in [5, 5.41) is 0. The predicted octanol–water partition coefficient (Wildman–Crippen LogP) is 3.54. The van der Waals surface area contributed by atoms with Gasteiger partial charge >= 0.3 is 0 Å². The van der Waals surface area contributed by atoms with Crippen LogP contribution < -0.4 is 15.2 Å². The monoisotopic (exact) mass is 335 g/mol. The third-order valence-corrected chi connectivity index (χ3v) is 3.49. The lowest BCUT2D eigenvalue weighted by atomic mass is 10.1. The number of hydrogen-bond donors (Lipinski definition) is 1. The van der Waals surface area contributed by atoms with Gasteiger partial charge in [0.25, 0.3) is 0 Å². The smallest absolute Gasteiger partial charge is 0.125 e. The van der Waals surface area contributed by atoms with Crippen molar-refractivity contribution >= 4 is 15.9 Å². The molecule has 2 aromatic rings. The highest BCUT2D eigenvalue weighted by atomic mass is 79.9. The van der Waals surface area contributed by atoms with Crippen molar-refractivity contribution in [3.8, 4) is 11.5 Å². The maximum atomic E-state index is 5.79. The number of halogens is 1. The van der Waals surface area contributed by atoms with Crippen molar-refractivity contribution in [2.45, 2.75) is 13.0 Å². The van der Waals surface area contributed by atoms with Crippen LogP contribution in [0.5, 0.6) is 11.5 Å². The molecular formula is C16H18BrNO2. The number of nitrogens with two attached hydrogens (primary N) is 1. The van der Waals surface area contributed by atoms with Gasteiger partial charge in [-0.2, -0.15) is 0 Å². The van der Waals surface area contributed by atoms with Crippen LogP contribution in [0.25, 0.3) is 0 Å². The summed E-state index contributed by atoms with van der Waals surface area (Å²) in [7, 11) is 1.66. The summed E-state index contributed by atoms with van der Waals surface area (Å²) < 4.78 is 12.1. The molecular weight excluding hydrogens is 318 g/mol. The minimum atomic E-state index is 0.471. The molecule has 0 aliphatic rings. The van der Waals surface area contributed by atoms with Gasteiger partial charge in [-0.1, -0.05) is 28.1 Å². The fourth-order valence-electron chi connectivity index (χ4n) is 1.94. The molecule has 0 aromatic heterocycles. The molecule has 0 unspecified atom stereocenters. The second kappa shape index (κ2) is 7.31. The highest BCUT2D eigenvalue weighted by molar-refractivity contribution is 9.10. The molecule has 0 fully saturated rings. The van der Waals surface area contributed by atoms with Gasteiger partial charge in [0.1, 0.15) is 18.1 Å². The molecule has 0 saturated heterocycles. The molecule has 0 atom stereocenters. The molecule has 0 aliphatic heterocycles. The Labute approximate surface area is 127 Å². The zero-order valence-electron chi connectivity index (χ0n) is 11.4. The van der Waals surface area contributed by atoms with Gasteiger partial charge in [0, 0.05) is 10.0 Å². The lowest BCUT2D eigenvalue weighted by molar-refractivity contribution is 0.296. The van der Waals surface area contributed by atoms with Gasteiger partial charge < -0.3 is 15.2 Å². The van der Waals surface area contributed by atoms with Crippen molar-refractivity contribution in [1.82, 2.24) is 0 Å². The van der Waals surface area contributed by atoms with E-state index in [1.165, 1.54) is 5.56 Å². The van der Waals surface area contributed by atoms with Crippen LogP contribution in [-0.4, -0.2) is 13.7 Å². The Morgan fingerprint density at radius 2 is 1.85 bits per heavy atom. The summed E-state index contributed by atoms with van der Waals surface area (Å²) in [6.45, 7) is 1.13. The molecule has 2 aromatic carbocycles. The molecule has 2 rings (SSSR count). The third-order valence-electron chi connectivity index (χ3n) is 2.99. The Bertz CT molecular complexity index is 555. The molecule has 20 heavy (non-hydrogen) atoms. The summed E-state index contributed by atoms with van der Waals surface area (Å²) in [6, 6.07) is 13.9. The topological polar surface area (TPSA) is 44.5 Å². The Balaban J connectivity index is 2.02. The third kappa shape index (κ3) is 3.99. The zero-order valence-corrected chi connectivity index (χ0v) is 13.0. The Kier molecular flexibility index (Phi) is 5.44. The van der Waals surface area contributed by atoms with E-state index < -0.39 is 0 Å². The molecule has 0 amide bonds. The van der Waals surface area contributed by atoms with Crippen molar-refractivity contribution in [2.75, 3.05) is 13.7 Å². The van der Waals surface area contributed by atoms with Gasteiger partial charge in [0.2, 0.25) is 0 Å². The summed E-state index contributed by atoms with van der Waals surface area (Å²) in [6.07, 6.45) is 0.889. The molecule has 0 saturated carbocycles. The van der Waals surface area contributed by atoms with E-state index >= 15 is 0 Å². The maximum absolute atomic E-state index is 5.79. The number of methoxy groups -OCH3 is 1. The minimum Gasteiger partial charge on any atom is -0.496 e. The fourth-order valence-corrected chi connectivity index (χ4v) is 2.35. The Morgan fingerprint density at radius 3 is 2.50 bits per heavy atom. The molecule has 0 bridgehead atoms. The first-order chi connectivity index (χ1) is 9.72. The normalized spacial score (nSPS) is 10.3. The first-order valence-corrected chi connectivity index (χ1v) is 7.26. The van der Waals surface area contributed by atoms with Crippen LogP contribution in [-0.2, 0) is 13.0 Å². The average molecular weight is 336 g/mol. The Hall–Kier alpha value is -1.52. The van der Waals surface area contributed by atoms with Crippen molar-refractivity contribution in [1.29, 1.82) is 0 Å². The van der Waals surface area contributed by atoms with Gasteiger partial charge in [-0.25, -0.2) is 0 Å². The van der Waals surface area contributed by atoms with Gasteiger partial charge in [0.05, 0.1) is 7.11 Å². The van der Waals surface area contributed by atoms with E-state index in [9.17, 15) is 0 Å². The van der Waals surface area contributed by atoms with E-state index in [1.807, 2.05) is 42.5 Å². The SMILES string of the molecule is COc1ccc(Br)cc1COc1ccc(CCN)cc1. The van der Waals surface area contributed by atoms with Gasteiger partial charge in [-0.3, -0.25) is 0 Å². The molecule has 0 aliphatic carbocycles. The number of benzene rings is 2. The lowest BCUT2D eigenvalue weighted by Gasteiger charge is -2.11. The first kappa shape index (κ1) is 14.9. The van der Waals surface area contributed by atoms with Crippen molar-refractivity contribution in [3.63, 3.8) is 0 Å². The fraction of sp³-hybridized carbons (Fsp3) is 0.250. The summed E-state index contributed by atoms with van der Waals surface area (Å²) in [5.74, 6) is 1.67. The molecule has 3 nitrogen and oxygen atoms in total. The molecule has 4 heteroatoms. The summed E-state index contributed by atoms with van der Waals surface area (Å²) in [4.78, 5) is 0. The van der Waals surface area contributed by atoms with Crippen LogP contribution in [0.4, 0.5) is 0 Å². The zero-order chi connectivity index (χ0) is 14.4. The number of ether oxygens (including phenoxy) is 2. The molecule has 0 heterocycles. The Morgan fingerprint density at radius 1 is 1.10 bits per heavy atom. The van der Waals surface area contributed by atoms with E-state index in [-0.39, 0.29) is 0 Å². The van der Waals surface area contributed by atoms with E-state index in [0.29, 0.717) is 13.2 Å². The van der Waals surface area contributed by atoms with E-state index in [2.05, 4.69) is 15.9 Å². The first-order valence-electron chi connectivity index (χ1n) is 6.47. The van der Waals surface area contributed by atoms with Crippen LogP contribution in [0.2, 0.25) is 0 Å². The quantitative estimate of drug-likeness (QED) is 0.878. The van der Waals surface area contributed by atoms with Crippen molar-refractivity contribution in [2.24, 2.45) is 5.73 Å². The second-order valence-corrected chi connectivity index (χ2v) is 5.34. The average Bonchev–Trinajstić information content (AvgIpc) is 2.47. The lowest BCUT2D eigenvalue weighted by Crippen LogP contribution is -2.02. The second-order valence-electron chi connectivity index (χ2n) is 4.43. The van der Waals surface area contributed by atoms with Gasteiger partial charge in [0.15, 0.2) is 0 Å². The van der Waals surface area contributed by atoms with Crippen LogP contribution in [0, 0.1) is 0 Å². The molecule has 2 N–H and O–H groups in total. The minimum absolute atomic E-state index is 0.471. The van der Waals surface area contributed by atoms with Gasteiger partial charge in [-0.05, 0) is 48.9 Å². The summed E-state index contributed by atoms with van der Waals surface area (Å²) >= 11 is 3.46. The van der Waals surface area contributed by atoms with Crippen LogP contribution in [0.15, 0.2) is 46.9 Å². The molecule has 0 radical (unpaired) electrons. The van der Waals surface area contributed by atoms with Crippen LogP contribution in [0.1, 0.15) is 11.1 Å². The van der Waals surface area contributed by atoms with Gasteiger partial charge in [-0.15, -0.1) is 0 Å². The highest BCUT2D eigenvalue weighted by Crippen LogP contribution is 2.24. The standard InChI is InChI=1S/C16H18BrNO2/c1-19-16-7-4-14(17)10-13(16)11-20-15-5-2-12(3-6-15)8-9-18/h2-7,10H,8-9,11,18H2,1H3. The van der Waals surface area contributed by atoms with Crippen molar-refractivity contribution < 1.29 is 9.47 Å². The molecule has 106 valence electrons. The van der Waals surface area contributed by atoms with Crippen LogP contribution in [0.3, 0.4) is 0 Å². The van der Waals surface area contributed by atoms with Crippen molar-refractivity contribution in [3.05, 3.63) is 58.1 Å². The van der Waals surface area contributed by atoms with E-state index in [0.717, 1.165) is 28.0 Å². The van der Waals surface area contributed by atoms with Crippen LogP contribution >= 0.6 is 15.9 Å².